The van der Waals surface area contributed by atoms with Gasteiger partial charge < -0.3 is 11.1 Å². The highest BCUT2D eigenvalue weighted by atomic mass is 16.1. The number of anilines is 2. The van der Waals surface area contributed by atoms with Gasteiger partial charge in [-0.1, -0.05) is 38.1 Å². The predicted molar refractivity (Wildman–Crippen MR) is 88.3 cm³/mol. The number of amides is 1. The van der Waals surface area contributed by atoms with E-state index in [0.29, 0.717) is 18.8 Å². The summed E-state index contributed by atoms with van der Waals surface area (Å²) < 4.78 is 0. The maximum Gasteiger partial charge on any atom is 0.224 e. The number of nitrogens with one attached hydrogen (secondary N) is 1. The van der Waals surface area contributed by atoms with Gasteiger partial charge in [0.25, 0.3) is 0 Å². The second-order valence-corrected chi connectivity index (χ2v) is 5.57. The summed E-state index contributed by atoms with van der Waals surface area (Å²) in [6, 6.07) is 15.7. The van der Waals surface area contributed by atoms with Crippen molar-refractivity contribution in [3.05, 3.63) is 59.7 Å². The Hall–Kier alpha value is -2.29. The van der Waals surface area contributed by atoms with Crippen molar-refractivity contribution in [3.8, 4) is 0 Å². The number of carbonyl (C=O) groups is 1. The lowest BCUT2D eigenvalue weighted by molar-refractivity contribution is -0.116. The van der Waals surface area contributed by atoms with E-state index in [0.717, 1.165) is 16.9 Å². The summed E-state index contributed by atoms with van der Waals surface area (Å²) in [4.78, 5) is 12.0. The van der Waals surface area contributed by atoms with Gasteiger partial charge in [0.2, 0.25) is 5.91 Å². The van der Waals surface area contributed by atoms with E-state index < -0.39 is 0 Å². The summed E-state index contributed by atoms with van der Waals surface area (Å²) in [6.45, 7) is 4.28. The summed E-state index contributed by atoms with van der Waals surface area (Å²) >= 11 is 0. The quantitative estimate of drug-likeness (QED) is 0.815. The van der Waals surface area contributed by atoms with Gasteiger partial charge in [-0.2, -0.15) is 0 Å². The number of nitrogen functional groups attached to an aromatic ring is 1. The first-order valence-electron chi connectivity index (χ1n) is 7.29. The summed E-state index contributed by atoms with van der Waals surface area (Å²) in [6.07, 6.45) is 1.15. The molecule has 0 spiro atoms. The molecule has 2 aromatic carbocycles. The Morgan fingerprint density at radius 3 is 2.62 bits per heavy atom. The lowest BCUT2D eigenvalue weighted by Gasteiger charge is -2.09. The highest BCUT2D eigenvalue weighted by Gasteiger charge is 2.05. The molecule has 0 bridgehead atoms. The minimum Gasteiger partial charge on any atom is -0.399 e. The monoisotopic (exact) mass is 282 g/mol. The number of rotatable bonds is 5. The fourth-order valence-electron chi connectivity index (χ4n) is 2.21. The van der Waals surface area contributed by atoms with Crippen LogP contribution in [0.15, 0.2) is 48.5 Å². The number of hydrogen-bond donors (Lipinski definition) is 2. The van der Waals surface area contributed by atoms with Crippen molar-refractivity contribution in [2.75, 3.05) is 11.1 Å². The molecule has 0 heterocycles. The first-order valence-corrected chi connectivity index (χ1v) is 7.29. The van der Waals surface area contributed by atoms with Crippen molar-refractivity contribution in [3.63, 3.8) is 0 Å². The van der Waals surface area contributed by atoms with E-state index in [9.17, 15) is 4.79 Å². The van der Waals surface area contributed by atoms with Crippen molar-refractivity contribution < 1.29 is 4.79 Å². The van der Waals surface area contributed by atoms with E-state index >= 15 is 0 Å². The number of nitrogens with two attached hydrogens (primary N) is 1. The standard InChI is InChI=1S/C18H22N2O/c1-13(2)15-6-4-8-17(12-15)20-18(21)10-9-14-5-3-7-16(19)11-14/h3-8,11-13H,9-10,19H2,1-2H3,(H,20,21). The van der Waals surface area contributed by atoms with Gasteiger partial charge in [0.05, 0.1) is 0 Å². The molecular formula is C18H22N2O. The van der Waals surface area contributed by atoms with E-state index in [4.69, 9.17) is 5.73 Å². The van der Waals surface area contributed by atoms with E-state index in [1.54, 1.807) is 0 Å². The zero-order valence-corrected chi connectivity index (χ0v) is 12.6. The van der Waals surface area contributed by atoms with Gasteiger partial charge in [-0.25, -0.2) is 0 Å². The Bertz CT molecular complexity index is 620. The number of aryl methyl sites for hydroxylation is 1. The fraction of sp³-hybridized carbons (Fsp3) is 0.278. The molecule has 0 radical (unpaired) electrons. The molecule has 0 aliphatic carbocycles. The van der Waals surface area contributed by atoms with Crippen molar-refractivity contribution in [2.45, 2.75) is 32.6 Å². The lowest BCUT2D eigenvalue weighted by atomic mass is 10.0. The fourth-order valence-corrected chi connectivity index (χ4v) is 2.21. The van der Waals surface area contributed by atoms with Crippen LogP contribution in [0.3, 0.4) is 0 Å². The lowest BCUT2D eigenvalue weighted by Crippen LogP contribution is -2.12. The Morgan fingerprint density at radius 1 is 1.14 bits per heavy atom. The summed E-state index contributed by atoms with van der Waals surface area (Å²) in [7, 11) is 0. The first kappa shape index (κ1) is 15.1. The summed E-state index contributed by atoms with van der Waals surface area (Å²) in [5, 5.41) is 2.95. The van der Waals surface area contributed by atoms with Crippen molar-refractivity contribution in [1.29, 1.82) is 0 Å². The van der Waals surface area contributed by atoms with Crippen LogP contribution < -0.4 is 11.1 Å². The van der Waals surface area contributed by atoms with Gasteiger partial charge in [-0.05, 0) is 47.7 Å². The minimum absolute atomic E-state index is 0.0262. The van der Waals surface area contributed by atoms with Crippen LogP contribution in [0, 0.1) is 0 Å². The first-order chi connectivity index (χ1) is 10.0. The minimum atomic E-state index is 0.0262. The number of hydrogen-bond acceptors (Lipinski definition) is 2. The molecule has 1 amide bonds. The second-order valence-electron chi connectivity index (χ2n) is 5.57. The topological polar surface area (TPSA) is 55.1 Å². The Labute approximate surface area is 126 Å². The molecule has 21 heavy (non-hydrogen) atoms. The highest BCUT2D eigenvalue weighted by Crippen LogP contribution is 2.18. The van der Waals surface area contributed by atoms with Gasteiger partial charge in [-0.3, -0.25) is 4.79 Å². The molecule has 2 aromatic rings. The van der Waals surface area contributed by atoms with Crippen LogP contribution in [0.25, 0.3) is 0 Å². The third-order valence-corrected chi connectivity index (χ3v) is 3.43. The zero-order chi connectivity index (χ0) is 15.2. The molecule has 0 fully saturated rings. The van der Waals surface area contributed by atoms with Gasteiger partial charge in [0.1, 0.15) is 0 Å². The van der Waals surface area contributed by atoms with E-state index in [1.165, 1.54) is 5.56 Å². The SMILES string of the molecule is CC(C)c1cccc(NC(=O)CCc2cccc(N)c2)c1. The molecule has 3 heteroatoms. The zero-order valence-electron chi connectivity index (χ0n) is 12.6. The average Bonchev–Trinajstić information content (AvgIpc) is 2.45. The molecule has 0 saturated heterocycles. The van der Waals surface area contributed by atoms with Crippen LogP contribution in [-0.4, -0.2) is 5.91 Å². The summed E-state index contributed by atoms with van der Waals surface area (Å²) in [5.74, 6) is 0.479. The maximum atomic E-state index is 12.0. The van der Waals surface area contributed by atoms with E-state index in [-0.39, 0.29) is 5.91 Å². The predicted octanol–water partition coefficient (Wildman–Crippen LogP) is 3.96. The molecular weight excluding hydrogens is 260 g/mol. The normalized spacial score (nSPS) is 10.6. The van der Waals surface area contributed by atoms with Crippen molar-refractivity contribution >= 4 is 17.3 Å². The molecule has 3 nitrogen and oxygen atoms in total. The van der Waals surface area contributed by atoms with Gasteiger partial charge >= 0.3 is 0 Å². The average molecular weight is 282 g/mol. The van der Waals surface area contributed by atoms with Crippen LogP contribution in [-0.2, 0) is 11.2 Å². The maximum absolute atomic E-state index is 12.0. The molecule has 0 aliphatic heterocycles. The van der Waals surface area contributed by atoms with Gasteiger partial charge in [-0.15, -0.1) is 0 Å². The second kappa shape index (κ2) is 6.93. The number of benzene rings is 2. The van der Waals surface area contributed by atoms with E-state index in [2.05, 4.69) is 25.2 Å². The molecule has 3 N–H and O–H groups in total. The van der Waals surface area contributed by atoms with Gasteiger partial charge in [0.15, 0.2) is 0 Å². The largest absolute Gasteiger partial charge is 0.399 e. The third-order valence-electron chi connectivity index (χ3n) is 3.43. The van der Waals surface area contributed by atoms with Crippen LogP contribution >= 0.6 is 0 Å². The smallest absolute Gasteiger partial charge is 0.224 e. The van der Waals surface area contributed by atoms with Crippen LogP contribution in [0.5, 0.6) is 0 Å². The number of carbonyl (C=O) groups excluding carboxylic acids is 1. The van der Waals surface area contributed by atoms with Crippen molar-refractivity contribution in [1.82, 2.24) is 0 Å². The van der Waals surface area contributed by atoms with E-state index in [1.807, 2.05) is 42.5 Å². The van der Waals surface area contributed by atoms with Crippen LogP contribution in [0.2, 0.25) is 0 Å². The Balaban J connectivity index is 1.91. The third kappa shape index (κ3) is 4.63. The Morgan fingerprint density at radius 2 is 1.90 bits per heavy atom. The molecule has 0 aromatic heterocycles. The van der Waals surface area contributed by atoms with Crippen LogP contribution in [0.1, 0.15) is 37.3 Å². The Kier molecular flexibility index (Phi) is 4.99. The highest BCUT2D eigenvalue weighted by molar-refractivity contribution is 5.90. The molecule has 0 atom stereocenters. The molecule has 0 unspecified atom stereocenters. The molecule has 0 saturated carbocycles. The molecule has 2 rings (SSSR count). The molecule has 0 aliphatic rings. The molecule has 110 valence electrons. The van der Waals surface area contributed by atoms with Gasteiger partial charge in [0, 0.05) is 17.8 Å². The van der Waals surface area contributed by atoms with Crippen LogP contribution in [0.4, 0.5) is 11.4 Å². The summed E-state index contributed by atoms with van der Waals surface area (Å²) in [5.41, 5.74) is 9.64. The van der Waals surface area contributed by atoms with Crippen molar-refractivity contribution in [2.24, 2.45) is 0 Å².